The van der Waals surface area contributed by atoms with Crippen LogP contribution in [0.3, 0.4) is 0 Å². The first-order valence-electron chi connectivity index (χ1n) is 9.49. The predicted molar refractivity (Wildman–Crippen MR) is 95.2 cm³/mol. The normalized spacial score (nSPS) is 20.5. The fourth-order valence-corrected chi connectivity index (χ4v) is 2.45. The van der Waals surface area contributed by atoms with Crippen molar-refractivity contribution in [2.45, 2.75) is 38.9 Å². The summed E-state index contributed by atoms with van der Waals surface area (Å²) < 4.78 is 57.9. The molecule has 0 aromatic heterocycles. The highest BCUT2D eigenvalue weighted by Gasteiger charge is 2.51. The van der Waals surface area contributed by atoms with Crippen LogP contribution >= 0.6 is 0 Å². The molecule has 1 fully saturated rings. The van der Waals surface area contributed by atoms with Gasteiger partial charge in [0.2, 0.25) is 5.82 Å². The van der Waals surface area contributed by atoms with Gasteiger partial charge in [-0.2, -0.15) is 4.39 Å². The van der Waals surface area contributed by atoms with Gasteiger partial charge in [0, 0.05) is 0 Å². The molecule has 4 nitrogen and oxygen atoms in total. The molecule has 1 aliphatic rings. The van der Waals surface area contributed by atoms with Crippen LogP contribution < -0.4 is 14.9 Å². The van der Waals surface area contributed by atoms with Crippen LogP contribution in [0.4, 0.5) is 4.39 Å². The zero-order chi connectivity index (χ0) is 20.7. The molecule has 1 aliphatic heterocycles. The van der Waals surface area contributed by atoms with Crippen LogP contribution in [-0.4, -0.2) is 25.4 Å². The Morgan fingerprint density at radius 2 is 1.56 bits per heavy atom. The van der Waals surface area contributed by atoms with Crippen molar-refractivity contribution in [2.24, 2.45) is 0 Å². The second-order valence-electron chi connectivity index (χ2n) is 6.93. The van der Waals surface area contributed by atoms with E-state index in [1.54, 1.807) is 24.3 Å². The number of methoxy groups -OCH3 is 1. The summed E-state index contributed by atoms with van der Waals surface area (Å²) in [5, 5.41) is 0. The lowest BCUT2D eigenvalue weighted by molar-refractivity contribution is 0.00578. The predicted octanol–water partition coefficient (Wildman–Crippen LogP) is 3.93. The Bertz CT molecular complexity index is 837. The van der Waals surface area contributed by atoms with Gasteiger partial charge in [-0.05, 0) is 57.4 Å². The zero-order valence-electron chi connectivity index (χ0n) is 17.6. The lowest BCUT2D eigenvalue weighted by Gasteiger charge is -2.32. The third-order valence-corrected chi connectivity index (χ3v) is 4.67. The molecule has 25 heavy (non-hydrogen) atoms. The molecule has 0 spiro atoms. The van der Waals surface area contributed by atoms with Gasteiger partial charge in [-0.3, -0.25) is 0 Å². The van der Waals surface area contributed by atoms with Crippen molar-refractivity contribution in [3.8, 4) is 17.2 Å². The van der Waals surface area contributed by atoms with Crippen LogP contribution in [-0.2, 0) is 9.31 Å². The number of hydrogen-bond donors (Lipinski definition) is 0. The van der Waals surface area contributed by atoms with E-state index in [0.717, 1.165) is 5.46 Å². The molecular formula is C19H22BFO4. The van der Waals surface area contributed by atoms with Crippen LogP contribution in [0.2, 0.25) is 0 Å². The van der Waals surface area contributed by atoms with E-state index in [0.29, 0.717) is 5.75 Å². The van der Waals surface area contributed by atoms with Crippen molar-refractivity contribution in [3.63, 3.8) is 0 Å². The summed E-state index contributed by atoms with van der Waals surface area (Å²) in [6.45, 7) is 7.90. The van der Waals surface area contributed by atoms with E-state index in [9.17, 15) is 4.39 Å². The van der Waals surface area contributed by atoms with Crippen LogP contribution in [0.15, 0.2) is 42.5 Å². The molecule has 0 atom stereocenters. The summed E-state index contributed by atoms with van der Waals surface area (Å²) in [5.41, 5.74) is -0.0795. The highest BCUT2D eigenvalue weighted by molar-refractivity contribution is 6.62. The molecule has 132 valence electrons. The molecule has 0 unspecified atom stereocenters. The molecule has 1 saturated heterocycles. The summed E-state index contributed by atoms with van der Waals surface area (Å²) in [5.74, 6) is -1.03. The monoisotopic (exact) mass is 347 g/mol. The van der Waals surface area contributed by atoms with Crippen molar-refractivity contribution in [1.29, 1.82) is 0 Å². The second kappa shape index (κ2) is 6.35. The van der Waals surface area contributed by atoms with Crippen LogP contribution in [0, 0.1) is 5.82 Å². The lowest BCUT2D eigenvalue weighted by atomic mass is 9.79. The van der Waals surface area contributed by atoms with E-state index in [-0.39, 0.29) is 5.75 Å². The topological polar surface area (TPSA) is 36.9 Å². The average Bonchev–Trinajstić information content (AvgIpc) is 2.79. The van der Waals surface area contributed by atoms with Gasteiger partial charge in [0.05, 0.1) is 22.4 Å². The third-order valence-electron chi connectivity index (χ3n) is 4.67. The van der Waals surface area contributed by atoms with E-state index in [2.05, 4.69) is 4.74 Å². The highest BCUT2D eigenvalue weighted by Crippen LogP contribution is 2.36. The summed E-state index contributed by atoms with van der Waals surface area (Å²) in [6, 6.07) is 11.0. The number of benzene rings is 2. The Kier molecular flexibility index (Phi) is 3.60. The number of rotatable bonds is 4. The molecule has 0 saturated carbocycles. The van der Waals surface area contributed by atoms with Gasteiger partial charge in [-0.25, -0.2) is 0 Å². The molecule has 0 bridgehead atoms. The lowest BCUT2D eigenvalue weighted by Crippen LogP contribution is -2.41. The van der Waals surface area contributed by atoms with Crippen LogP contribution in [0.5, 0.6) is 17.2 Å². The van der Waals surface area contributed by atoms with E-state index in [1.807, 2.05) is 27.7 Å². The summed E-state index contributed by atoms with van der Waals surface area (Å²) in [4.78, 5) is 0. The molecule has 0 N–H and O–H groups in total. The number of halogens is 1. The van der Waals surface area contributed by atoms with Crippen LogP contribution in [0.1, 0.15) is 31.8 Å². The highest BCUT2D eigenvalue weighted by atomic mass is 19.1. The zero-order valence-corrected chi connectivity index (χ0v) is 14.6. The van der Waals surface area contributed by atoms with Gasteiger partial charge in [-0.1, -0.05) is 18.2 Å². The Hall–Kier alpha value is -2.05. The Balaban J connectivity index is 1.75. The summed E-state index contributed by atoms with van der Waals surface area (Å²) in [7, 11) is -3.25. The first kappa shape index (κ1) is 14.2. The maximum Gasteiger partial charge on any atom is 0.494 e. The summed E-state index contributed by atoms with van der Waals surface area (Å²) >= 11 is 0. The standard InChI is InChI=1S/C19H22BFO4/c1-18(2)19(3,4)25-20(24-18)13-9-11-14(12-10-13)23-16-8-6-7-15(22-5)17(16)21/h6-12H,1-5H3/i5D3. The maximum absolute atomic E-state index is 14.4. The largest absolute Gasteiger partial charge is 0.494 e. The minimum atomic E-state index is -2.75. The van der Waals surface area contributed by atoms with Crippen LogP contribution in [0.25, 0.3) is 0 Å². The van der Waals surface area contributed by atoms with Gasteiger partial charge in [0.25, 0.3) is 0 Å². The third kappa shape index (κ3) is 3.37. The Morgan fingerprint density at radius 3 is 2.16 bits per heavy atom. The summed E-state index contributed by atoms with van der Waals surface area (Å²) in [6.07, 6.45) is 0. The fourth-order valence-electron chi connectivity index (χ4n) is 2.45. The van der Waals surface area contributed by atoms with Crippen molar-refractivity contribution in [2.75, 3.05) is 7.04 Å². The first-order chi connectivity index (χ1) is 12.9. The number of ether oxygens (including phenoxy) is 2. The molecule has 2 aromatic rings. The molecule has 0 aliphatic carbocycles. The minimum Gasteiger partial charge on any atom is -0.494 e. The second-order valence-corrected chi connectivity index (χ2v) is 6.93. The molecule has 1 heterocycles. The van der Waals surface area contributed by atoms with E-state index < -0.39 is 36.9 Å². The molecular weight excluding hydrogens is 322 g/mol. The van der Waals surface area contributed by atoms with Crippen molar-refractivity contribution in [3.05, 3.63) is 48.3 Å². The van der Waals surface area contributed by atoms with Crippen molar-refractivity contribution < 1.29 is 27.3 Å². The maximum atomic E-state index is 14.4. The number of hydrogen-bond acceptors (Lipinski definition) is 4. The fraction of sp³-hybridized carbons (Fsp3) is 0.368. The SMILES string of the molecule is [2H]C([2H])([2H])Oc1cccc(Oc2ccc(B3OC(C)(C)C(C)(C)O3)cc2)c1F. The quantitative estimate of drug-likeness (QED) is 0.786. The average molecular weight is 347 g/mol. The Labute approximate surface area is 152 Å². The van der Waals surface area contributed by atoms with E-state index >= 15 is 0 Å². The first-order valence-corrected chi connectivity index (χ1v) is 7.99. The Morgan fingerprint density at radius 1 is 0.960 bits per heavy atom. The van der Waals surface area contributed by atoms with Gasteiger partial charge in [-0.15, -0.1) is 0 Å². The molecule has 2 aromatic carbocycles. The molecule has 0 radical (unpaired) electrons. The molecule has 3 rings (SSSR count). The van der Waals surface area contributed by atoms with Crippen molar-refractivity contribution >= 4 is 12.6 Å². The van der Waals surface area contributed by atoms with E-state index in [1.165, 1.54) is 18.2 Å². The van der Waals surface area contributed by atoms with Crippen molar-refractivity contribution in [1.82, 2.24) is 0 Å². The minimum absolute atomic E-state index is 0.134. The van der Waals surface area contributed by atoms with Gasteiger partial charge in [0.1, 0.15) is 5.75 Å². The molecule has 6 heteroatoms. The molecule has 0 amide bonds. The van der Waals surface area contributed by atoms with Gasteiger partial charge < -0.3 is 18.8 Å². The van der Waals surface area contributed by atoms with E-state index in [4.69, 9.17) is 18.2 Å². The smallest absolute Gasteiger partial charge is 0.494 e. The van der Waals surface area contributed by atoms with Gasteiger partial charge >= 0.3 is 7.12 Å². The van der Waals surface area contributed by atoms with Gasteiger partial charge in [0.15, 0.2) is 11.5 Å².